The Balaban J connectivity index is 2.09. The second-order valence-electron chi connectivity index (χ2n) is 7.17. The van der Waals surface area contributed by atoms with Crippen LogP contribution >= 0.6 is 0 Å². The normalized spacial score (nSPS) is 17.4. The Morgan fingerprint density at radius 3 is 2.55 bits per heavy atom. The Bertz CT molecular complexity index is 791. The first kappa shape index (κ1) is 23.8. The fourth-order valence-corrected chi connectivity index (χ4v) is 3.12. The van der Waals surface area contributed by atoms with E-state index in [1.165, 1.54) is 12.5 Å². The number of H-pyrrole nitrogens is 1. The maximum absolute atomic E-state index is 12.9. The Morgan fingerprint density at radius 2 is 1.97 bits per heavy atom. The van der Waals surface area contributed by atoms with Crippen molar-refractivity contribution in [2.45, 2.75) is 50.2 Å². The van der Waals surface area contributed by atoms with Crippen LogP contribution in [-0.4, -0.2) is 75.9 Å². The van der Waals surface area contributed by atoms with Crippen LogP contribution in [0.4, 0.5) is 0 Å². The van der Waals surface area contributed by atoms with Crippen molar-refractivity contribution in [1.82, 2.24) is 31.2 Å². The molecule has 2 rings (SSSR count). The molecule has 1 aliphatic heterocycles. The number of aromatic amines is 1. The van der Waals surface area contributed by atoms with Crippen molar-refractivity contribution in [3.05, 3.63) is 18.2 Å². The molecule has 0 aromatic carbocycles. The third-order valence-corrected chi connectivity index (χ3v) is 4.71. The van der Waals surface area contributed by atoms with Gasteiger partial charge in [-0.1, -0.05) is 0 Å². The fourth-order valence-electron chi connectivity index (χ4n) is 3.12. The van der Waals surface area contributed by atoms with Gasteiger partial charge in [0.05, 0.1) is 12.4 Å². The SMILES string of the molecule is NC(=O)CCC(NC(=O)C(Cc1cnc[nH]1)NC(=O)C1CCCN1)C(=O)NCC(=O)O. The maximum atomic E-state index is 12.9. The highest BCUT2D eigenvalue weighted by Gasteiger charge is 2.30. The van der Waals surface area contributed by atoms with E-state index in [0.717, 1.165) is 6.42 Å². The summed E-state index contributed by atoms with van der Waals surface area (Å²) in [5.41, 5.74) is 5.71. The Morgan fingerprint density at radius 1 is 1.19 bits per heavy atom. The monoisotopic (exact) mass is 437 g/mol. The molecule has 2 heterocycles. The summed E-state index contributed by atoms with van der Waals surface area (Å²) in [7, 11) is 0. The molecule has 170 valence electrons. The first-order chi connectivity index (χ1) is 14.8. The van der Waals surface area contributed by atoms with E-state index in [0.29, 0.717) is 18.7 Å². The molecule has 1 aromatic heterocycles. The van der Waals surface area contributed by atoms with E-state index >= 15 is 0 Å². The number of nitrogens with zero attached hydrogens (tertiary/aromatic N) is 1. The van der Waals surface area contributed by atoms with E-state index in [-0.39, 0.29) is 25.2 Å². The van der Waals surface area contributed by atoms with Gasteiger partial charge >= 0.3 is 5.97 Å². The zero-order chi connectivity index (χ0) is 22.8. The van der Waals surface area contributed by atoms with Crippen LogP contribution in [0.15, 0.2) is 12.5 Å². The number of aliphatic carboxylic acids is 1. The lowest BCUT2D eigenvalue weighted by Crippen LogP contribution is -2.56. The molecule has 1 aliphatic rings. The molecule has 1 saturated heterocycles. The Kier molecular flexibility index (Phi) is 8.94. The standard InChI is InChI=1S/C18H27N7O6/c19-14(26)4-3-12(16(29)22-8-15(27)28)24-18(31)13(6-10-7-20-9-23-10)25-17(30)11-2-1-5-21-11/h7,9,11-13,21H,1-6,8H2,(H2,19,26)(H,20,23)(H,22,29)(H,24,31)(H,25,30)(H,27,28). The van der Waals surface area contributed by atoms with Crippen LogP contribution in [0.1, 0.15) is 31.4 Å². The number of primary amides is 1. The molecule has 0 bridgehead atoms. The lowest BCUT2D eigenvalue weighted by atomic mass is 10.1. The van der Waals surface area contributed by atoms with Gasteiger partial charge in [-0.3, -0.25) is 24.0 Å². The summed E-state index contributed by atoms with van der Waals surface area (Å²) in [4.78, 5) is 66.3. The van der Waals surface area contributed by atoms with Gasteiger partial charge in [0.1, 0.15) is 18.6 Å². The first-order valence-corrected chi connectivity index (χ1v) is 9.85. The number of imidazole rings is 1. The molecule has 0 aliphatic carbocycles. The van der Waals surface area contributed by atoms with Crippen molar-refractivity contribution >= 4 is 29.6 Å². The average molecular weight is 437 g/mol. The van der Waals surface area contributed by atoms with Crippen LogP contribution < -0.4 is 27.0 Å². The molecule has 4 amide bonds. The van der Waals surface area contributed by atoms with Gasteiger partial charge in [0.25, 0.3) is 0 Å². The average Bonchev–Trinajstić information content (AvgIpc) is 3.42. The van der Waals surface area contributed by atoms with Crippen molar-refractivity contribution < 1.29 is 29.1 Å². The molecule has 8 N–H and O–H groups in total. The van der Waals surface area contributed by atoms with Crippen LogP contribution in [0, 0.1) is 0 Å². The van der Waals surface area contributed by atoms with Crippen molar-refractivity contribution in [2.75, 3.05) is 13.1 Å². The number of aromatic nitrogens is 2. The number of rotatable bonds is 12. The second kappa shape index (κ2) is 11.6. The summed E-state index contributed by atoms with van der Waals surface area (Å²) in [5.74, 6) is -3.73. The molecular formula is C18H27N7O6. The zero-order valence-electron chi connectivity index (χ0n) is 16.8. The van der Waals surface area contributed by atoms with Crippen LogP contribution in [0.3, 0.4) is 0 Å². The summed E-state index contributed by atoms with van der Waals surface area (Å²) >= 11 is 0. The number of carbonyl (C=O) groups excluding carboxylic acids is 4. The van der Waals surface area contributed by atoms with Crippen molar-refractivity contribution in [3.63, 3.8) is 0 Å². The highest BCUT2D eigenvalue weighted by atomic mass is 16.4. The van der Waals surface area contributed by atoms with E-state index in [2.05, 4.69) is 31.2 Å². The molecule has 0 spiro atoms. The molecule has 13 nitrogen and oxygen atoms in total. The van der Waals surface area contributed by atoms with Gasteiger partial charge < -0.3 is 37.1 Å². The van der Waals surface area contributed by atoms with E-state index in [4.69, 9.17) is 10.8 Å². The van der Waals surface area contributed by atoms with E-state index < -0.39 is 48.4 Å². The predicted octanol–water partition coefficient (Wildman–Crippen LogP) is -2.86. The minimum absolute atomic E-state index is 0.0869. The van der Waals surface area contributed by atoms with Crippen LogP contribution in [0.2, 0.25) is 0 Å². The van der Waals surface area contributed by atoms with Gasteiger partial charge in [-0.15, -0.1) is 0 Å². The fraction of sp³-hybridized carbons (Fsp3) is 0.556. The number of nitrogens with one attached hydrogen (secondary N) is 5. The topological polar surface area (TPSA) is 208 Å². The van der Waals surface area contributed by atoms with Crippen molar-refractivity contribution in [3.8, 4) is 0 Å². The maximum Gasteiger partial charge on any atom is 0.322 e. The molecule has 0 radical (unpaired) electrons. The Hall–Kier alpha value is -3.48. The van der Waals surface area contributed by atoms with Crippen LogP contribution in [0.5, 0.6) is 0 Å². The molecule has 3 atom stereocenters. The smallest absolute Gasteiger partial charge is 0.322 e. The highest BCUT2D eigenvalue weighted by Crippen LogP contribution is 2.07. The zero-order valence-corrected chi connectivity index (χ0v) is 16.8. The molecule has 1 aromatic rings. The van der Waals surface area contributed by atoms with Crippen molar-refractivity contribution in [2.24, 2.45) is 5.73 Å². The number of hydrogen-bond donors (Lipinski definition) is 7. The molecule has 31 heavy (non-hydrogen) atoms. The quantitative estimate of drug-likeness (QED) is 0.180. The predicted molar refractivity (Wildman–Crippen MR) is 106 cm³/mol. The number of carbonyl (C=O) groups is 5. The highest BCUT2D eigenvalue weighted by molar-refractivity contribution is 5.94. The molecule has 13 heteroatoms. The van der Waals surface area contributed by atoms with Gasteiger partial charge in [0.15, 0.2) is 0 Å². The number of amides is 4. The van der Waals surface area contributed by atoms with Gasteiger partial charge in [0, 0.05) is 24.7 Å². The lowest BCUT2D eigenvalue weighted by Gasteiger charge is -2.23. The summed E-state index contributed by atoms with van der Waals surface area (Å²) < 4.78 is 0. The van der Waals surface area contributed by atoms with E-state index in [9.17, 15) is 24.0 Å². The molecular weight excluding hydrogens is 410 g/mol. The number of nitrogens with two attached hydrogens (primary N) is 1. The summed E-state index contributed by atoms with van der Waals surface area (Å²) in [6.07, 6.45) is 4.18. The summed E-state index contributed by atoms with van der Waals surface area (Å²) in [6.45, 7) is 0.0534. The number of hydrogen-bond acceptors (Lipinski definition) is 7. The van der Waals surface area contributed by atoms with Gasteiger partial charge in [-0.2, -0.15) is 0 Å². The first-order valence-electron chi connectivity index (χ1n) is 9.85. The van der Waals surface area contributed by atoms with Gasteiger partial charge in [-0.25, -0.2) is 4.98 Å². The third-order valence-electron chi connectivity index (χ3n) is 4.71. The lowest BCUT2D eigenvalue weighted by molar-refractivity contribution is -0.138. The summed E-state index contributed by atoms with van der Waals surface area (Å²) in [5, 5.41) is 19.1. The summed E-state index contributed by atoms with van der Waals surface area (Å²) in [6, 6.07) is -2.65. The van der Waals surface area contributed by atoms with Gasteiger partial charge in [0.2, 0.25) is 23.6 Å². The minimum Gasteiger partial charge on any atom is -0.480 e. The minimum atomic E-state index is -1.26. The van der Waals surface area contributed by atoms with Crippen molar-refractivity contribution in [1.29, 1.82) is 0 Å². The van der Waals surface area contributed by atoms with Gasteiger partial charge in [-0.05, 0) is 25.8 Å². The number of carboxylic acids is 1. The van der Waals surface area contributed by atoms with Crippen LogP contribution in [-0.2, 0) is 30.4 Å². The van der Waals surface area contributed by atoms with E-state index in [1.54, 1.807) is 0 Å². The third kappa shape index (κ3) is 8.04. The number of carboxylic acid groups (broad SMARTS) is 1. The molecule has 3 unspecified atom stereocenters. The van der Waals surface area contributed by atoms with E-state index in [1.807, 2.05) is 0 Å². The van der Waals surface area contributed by atoms with Crippen LogP contribution in [0.25, 0.3) is 0 Å². The Labute approximate surface area is 177 Å². The molecule has 1 fully saturated rings. The molecule has 0 saturated carbocycles. The second-order valence-corrected chi connectivity index (χ2v) is 7.17. The largest absolute Gasteiger partial charge is 0.480 e.